The van der Waals surface area contributed by atoms with Crippen molar-refractivity contribution in [2.75, 3.05) is 92.6 Å². The van der Waals surface area contributed by atoms with Crippen molar-refractivity contribution in [3.05, 3.63) is 513 Å². The average molecular weight is 2140 g/mol. The third-order valence-electron chi connectivity index (χ3n) is 20.5. The minimum atomic E-state index is -0.417. The van der Waals surface area contributed by atoms with Crippen LogP contribution in [0.3, 0.4) is 0 Å². The maximum atomic E-state index is 5.12. The van der Waals surface area contributed by atoms with Gasteiger partial charge in [-0.3, -0.25) is 0 Å². The largest absolute Gasteiger partial charge is 2.00 e. The molecule has 0 unspecified atom stereocenters. The van der Waals surface area contributed by atoms with E-state index in [2.05, 4.69) is 188 Å². The molecule has 0 heterocycles. The van der Waals surface area contributed by atoms with Crippen LogP contribution < -0.4 is 21.2 Å². The van der Waals surface area contributed by atoms with E-state index < -0.39 is 10.8 Å². The van der Waals surface area contributed by atoms with Gasteiger partial charge >= 0.3 is 101 Å². The minimum Gasteiger partial charge on any atom is -0.685 e. The summed E-state index contributed by atoms with van der Waals surface area (Å²) in [7, 11) is -0.849. The molecule has 6 radical (unpaired) electrons. The fourth-order valence-corrected chi connectivity index (χ4v) is 16.5. The van der Waals surface area contributed by atoms with Crippen LogP contribution in [-0.2, 0) is 101 Å². The molecular formula is C114H120Co6N12P4+4. The van der Waals surface area contributed by atoms with Crippen LogP contribution in [0.5, 0.6) is 0 Å². The van der Waals surface area contributed by atoms with Crippen LogP contribution in [0.4, 0.5) is 102 Å². The van der Waals surface area contributed by atoms with Crippen LogP contribution in [-0.4, -0.2) is 92.6 Å². The molecule has 0 aliphatic heterocycles. The minimum absolute atomic E-state index is 0. The van der Waals surface area contributed by atoms with Gasteiger partial charge in [-0.15, -0.1) is 73.4 Å². The zero-order chi connectivity index (χ0) is 91.1. The number of benzene rings is 16. The molecule has 0 atom stereocenters. The van der Waals surface area contributed by atoms with E-state index in [1.54, 1.807) is 0 Å². The molecule has 706 valence electrons. The predicted molar refractivity (Wildman–Crippen MR) is 582 cm³/mol. The second-order valence-electron chi connectivity index (χ2n) is 32.6. The number of hydrogen-bond donors (Lipinski definition) is 0. The third kappa shape index (κ3) is 41.7. The van der Waals surface area contributed by atoms with E-state index in [0.29, 0.717) is 39.3 Å². The molecule has 0 fully saturated rings. The monoisotopic (exact) mass is 2130 g/mol. The van der Waals surface area contributed by atoms with Crippen molar-refractivity contribution in [1.82, 2.24) is 0 Å². The van der Waals surface area contributed by atoms with Gasteiger partial charge in [0.2, 0.25) is 0 Å². The first-order valence-corrected chi connectivity index (χ1v) is 54.1. The molecule has 12 nitrogen and oxygen atoms in total. The molecule has 0 bridgehead atoms. The molecule has 0 aliphatic carbocycles. The van der Waals surface area contributed by atoms with Gasteiger partial charge in [0, 0.05) is 31.7 Å². The van der Waals surface area contributed by atoms with Crippen molar-refractivity contribution >= 4 is 155 Å². The molecule has 16 aromatic rings. The van der Waals surface area contributed by atoms with Gasteiger partial charge in [0.05, 0.1) is 74.5 Å². The van der Waals surface area contributed by atoms with Crippen LogP contribution in [0.2, 0.25) is 0 Å². The molecule has 0 saturated carbocycles. The predicted octanol–water partition coefficient (Wildman–Crippen LogP) is 35.4. The molecule has 0 saturated heterocycles. The average Bonchev–Trinajstić information content (AvgIpc) is 0.834. The molecule has 16 aromatic carbocycles. The molecule has 0 aromatic heterocycles. The summed E-state index contributed by atoms with van der Waals surface area (Å²) >= 11 is 0. The Morgan fingerprint density at radius 1 is 0.147 bits per heavy atom. The maximum absolute atomic E-state index is 5.12. The Labute approximate surface area is 877 Å². The van der Waals surface area contributed by atoms with E-state index in [1.165, 1.54) is 21.2 Å². The molecule has 0 N–H and O–H groups in total. The Hall–Kier alpha value is -10.1. The van der Waals surface area contributed by atoms with Gasteiger partial charge in [-0.25, -0.2) is 0 Å². The molecule has 22 heteroatoms. The van der Waals surface area contributed by atoms with Crippen LogP contribution in [0.25, 0.3) is 63.8 Å². The zero-order valence-electron chi connectivity index (χ0n) is 78.3. The Balaban J connectivity index is 0.000000339. The second-order valence-corrected chi connectivity index (χ2v) is 42.9. The summed E-state index contributed by atoms with van der Waals surface area (Å²) in [6.45, 7) is 25.8. The van der Waals surface area contributed by atoms with Gasteiger partial charge in [0.1, 0.15) is 0 Å². The second kappa shape index (κ2) is 64.9. The van der Waals surface area contributed by atoms with Crippen LogP contribution in [0.15, 0.2) is 449 Å². The number of para-hydroxylation sites is 18. The third-order valence-corrected chi connectivity index (χ3v) is 26.5. The first-order chi connectivity index (χ1) is 63.5. The van der Waals surface area contributed by atoms with Crippen LogP contribution in [0, 0.1) is 10.8 Å². The first kappa shape index (κ1) is 116. The standard InChI is InChI=1S/2C41H36N6.4C8H11P.6Co/c2*1-41(29-42-35-23-11-14-26-38(35)45-32-17-5-2-6-18-32,30-43-36-24-12-15-27-39(36)46-33-19-7-3-8-20-33)31-44-37-25-13-16-28-40(37)47-34-21-9-4-10-22-34;4*1-9(2)8-6-4-3-5-7-8;;;;;;/h2*2-28H,29-31H2,1H3;4*3-7H,1-2H3;;;;;;/q2*-6;;;;;6*+2/p+4. The van der Waals surface area contributed by atoms with Crippen molar-refractivity contribution in [2.45, 2.75) is 13.8 Å². The Kier molecular flexibility index (Phi) is 55.5. The van der Waals surface area contributed by atoms with E-state index in [4.69, 9.17) is 63.8 Å². The van der Waals surface area contributed by atoms with Crippen molar-refractivity contribution in [2.24, 2.45) is 10.8 Å². The van der Waals surface area contributed by atoms with Crippen molar-refractivity contribution in [1.29, 1.82) is 0 Å². The van der Waals surface area contributed by atoms with Crippen molar-refractivity contribution in [3.63, 3.8) is 0 Å². The summed E-state index contributed by atoms with van der Waals surface area (Å²) in [5.74, 6) is 0. The van der Waals surface area contributed by atoms with Gasteiger partial charge in [-0.1, -0.05) is 425 Å². The molecule has 0 aliphatic rings. The summed E-state index contributed by atoms with van der Waals surface area (Å²) < 4.78 is 0. The maximum Gasteiger partial charge on any atom is 2.00 e. The molecule has 0 spiro atoms. The van der Waals surface area contributed by atoms with Gasteiger partial charge in [0.25, 0.3) is 0 Å². The van der Waals surface area contributed by atoms with E-state index in [-0.39, 0.29) is 132 Å². The fourth-order valence-electron chi connectivity index (χ4n) is 13.0. The van der Waals surface area contributed by atoms with Crippen molar-refractivity contribution < 1.29 is 101 Å². The Bertz CT molecular complexity index is 4960. The Morgan fingerprint density at radius 3 is 0.360 bits per heavy atom. The van der Waals surface area contributed by atoms with Gasteiger partial charge < -0.3 is 63.8 Å². The number of rotatable bonds is 34. The van der Waals surface area contributed by atoms with Gasteiger partial charge in [-0.05, 0) is 48.5 Å². The van der Waals surface area contributed by atoms with E-state index in [0.717, 1.165) is 102 Å². The molecule has 136 heavy (non-hydrogen) atoms. The summed E-state index contributed by atoms with van der Waals surface area (Å²) in [6.07, 6.45) is 0. The van der Waals surface area contributed by atoms with Crippen molar-refractivity contribution in [3.8, 4) is 0 Å². The SMILES string of the molecule is CC(C[N-]c1ccccc1[N-]c1ccccc1)(C[N-]c1ccccc1[N-]c1ccccc1)C[N-]c1ccccc1[N-]c1ccccc1.CC(C[N-]c1ccccc1[N-]c1ccccc1)(C[N-]c1ccccc1[N-]c1ccccc1)C[N-]c1ccccc1[N-]c1ccccc1.C[PH+](C)c1ccccc1.C[PH+](C)c1ccccc1.C[PH+](C)c1ccccc1.C[PH+](C)c1ccccc1.[Co+2].[Co+2].[Co+2].[Co+2].[Co+2].[Co+2]. The summed E-state index contributed by atoms with van der Waals surface area (Å²) in [6, 6.07) is 150. The summed E-state index contributed by atoms with van der Waals surface area (Å²) in [5.41, 5.74) is 14.5. The fraction of sp³-hybridized carbons (Fsp3) is 0.158. The number of hydrogen-bond acceptors (Lipinski definition) is 0. The van der Waals surface area contributed by atoms with E-state index in [9.17, 15) is 0 Å². The first-order valence-electron chi connectivity index (χ1n) is 44.1. The normalized spacial score (nSPS) is 10.2. The molecule has 0 amide bonds. The molecular weight excluding hydrogens is 2010 g/mol. The Morgan fingerprint density at radius 2 is 0.250 bits per heavy atom. The van der Waals surface area contributed by atoms with E-state index >= 15 is 0 Å². The zero-order valence-corrected chi connectivity index (χ0v) is 88.6. The topological polar surface area (TPSA) is 169 Å². The quantitative estimate of drug-likeness (QED) is 0.0350. The van der Waals surface area contributed by atoms with Crippen LogP contribution in [0.1, 0.15) is 13.8 Å². The molecule has 16 rings (SSSR count). The van der Waals surface area contributed by atoms with Gasteiger partial charge in [-0.2, -0.15) is 68.2 Å². The van der Waals surface area contributed by atoms with Gasteiger partial charge in [0.15, 0.2) is 0 Å². The summed E-state index contributed by atoms with van der Waals surface area (Å²) in [5, 5.41) is 66.0. The van der Waals surface area contributed by atoms with E-state index in [1.807, 2.05) is 328 Å². The summed E-state index contributed by atoms with van der Waals surface area (Å²) in [4.78, 5) is 0. The number of nitrogens with zero attached hydrogens (tertiary/aromatic N) is 12. The van der Waals surface area contributed by atoms with Crippen LogP contribution >= 0.6 is 31.7 Å². The smallest absolute Gasteiger partial charge is 0.685 e.